The molecule has 3 aromatic rings. The van der Waals surface area contributed by atoms with Gasteiger partial charge in [-0.25, -0.2) is 0 Å². The Balaban J connectivity index is 1.63. The van der Waals surface area contributed by atoms with E-state index in [2.05, 4.69) is 27.4 Å². The monoisotopic (exact) mass is 505 g/mol. The lowest BCUT2D eigenvalue weighted by Crippen LogP contribution is -2.25. The summed E-state index contributed by atoms with van der Waals surface area (Å²) < 4.78 is 7.02. The lowest BCUT2D eigenvalue weighted by molar-refractivity contribution is -0.113. The Hall–Kier alpha value is -3.01. The molecule has 0 fully saturated rings. The zero-order chi connectivity index (χ0) is 23.8. The first kappa shape index (κ1) is 24.6. The van der Waals surface area contributed by atoms with Crippen LogP contribution in [-0.4, -0.2) is 39.4 Å². The van der Waals surface area contributed by atoms with Gasteiger partial charge in [-0.05, 0) is 30.3 Å². The zero-order valence-electron chi connectivity index (χ0n) is 17.7. The minimum atomic E-state index is -0.366. The third-order valence-corrected chi connectivity index (χ3v) is 5.92. The molecule has 1 aromatic heterocycles. The molecular formula is C22H21Cl2N5O3S. The molecule has 0 saturated carbocycles. The van der Waals surface area contributed by atoms with E-state index in [1.165, 1.54) is 17.8 Å². The molecular weight excluding hydrogens is 485 g/mol. The number of allylic oxidation sites excluding steroid dienone is 1. The molecule has 3 rings (SSSR count). The average molecular weight is 506 g/mol. The molecule has 0 saturated heterocycles. The number of thioether (sulfide) groups is 1. The maximum atomic E-state index is 12.5. The third kappa shape index (κ3) is 6.50. The van der Waals surface area contributed by atoms with E-state index >= 15 is 0 Å². The van der Waals surface area contributed by atoms with Gasteiger partial charge in [0.2, 0.25) is 5.91 Å². The fourth-order valence-corrected chi connectivity index (χ4v) is 4.12. The van der Waals surface area contributed by atoms with Crippen molar-refractivity contribution >= 4 is 52.5 Å². The summed E-state index contributed by atoms with van der Waals surface area (Å²) in [6, 6.07) is 11.8. The van der Waals surface area contributed by atoms with Crippen LogP contribution in [0, 0.1) is 0 Å². The Morgan fingerprint density at radius 2 is 2.00 bits per heavy atom. The van der Waals surface area contributed by atoms with Gasteiger partial charge in [0.15, 0.2) is 11.0 Å². The number of nitrogens with one attached hydrogen (secondary N) is 2. The van der Waals surface area contributed by atoms with E-state index < -0.39 is 0 Å². The topological polar surface area (TPSA) is 98.1 Å². The van der Waals surface area contributed by atoms with Gasteiger partial charge in [-0.3, -0.25) is 9.59 Å². The summed E-state index contributed by atoms with van der Waals surface area (Å²) in [6.45, 7) is 4.29. The van der Waals surface area contributed by atoms with E-state index in [0.717, 1.165) is 0 Å². The van der Waals surface area contributed by atoms with Gasteiger partial charge in [0, 0.05) is 11.6 Å². The number of para-hydroxylation sites is 2. The molecule has 0 aliphatic heterocycles. The maximum absolute atomic E-state index is 12.5. The first-order valence-electron chi connectivity index (χ1n) is 9.74. The number of methoxy groups -OCH3 is 1. The summed E-state index contributed by atoms with van der Waals surface area (Å²) in [5, 5.41) is 15.1. The zero-order valence-corrected chi connectivity index (χ0v) is 20.0. The van der Waals surface area contributed by atoms with Gasteiger partial charge in [0.05, 0.1) is 35.7 Å². The summed E-state index contributed by atoms with van der Waals surface area (Å²) >= 11 is 13.2. The minimum absolute atomic E-state index is 0.111. The van der Waals surface area contributed by atoms with Crippen molar-refractivity contribution in [1.29, 1.82) is 0 Å². The molecule has 0 unspecified atom stereocenters. The van der Waals surface area contributed by atoms with Crippen molar-refractivity contribution in [3.8, 4) is 5.75 Å². The van der Waals surface area contributed by atoms with Crippen LogP contribution in [0.5, 0.6) is 5.75 Å². The highest BCUT2D eigenvalue weighted by molar-refractivity contribution is 7.99. The molecule has 0 atom stereocenters. The molecule has 0 aliphatic carbocycles. The van der Waals surface area contributed by atoms with Gasteiger partial charge in [0.25, 0.3) is 5.91 Å². The number of anilines is 1. The molecule has 2 N–H and O–H groups in total. The Kier molecular flexibility index (Phi) is 8.76. The van der Waals surface area contributed by atoms with Gasteiger partial charge in [0.1, 0.15) is 5.75 Å². The van der Waals surface area contributed by atoms with Crippen molar-refractivity contribution in [3.05, 3.63) is 76.6 Å². The van der Waals surface area contributed by atoms with E-state index in [0.29, 0.717) is 39.5 Å². The second-order valence-electron chi connectivity index (χ2n) is 6.64. The molecule has 2 amide bonds. The predicted molar refractivity (Wildman–Crippen MR) is 130 cm³/mol. The van der Waals surface area contributed by atoms with E-state index in [9.17, 15) is 9.59 Å². The number of nitrogens with zero attached hydrogens (tertiary/aromatic N) is 3. The summed E-state index contributed by atoms with van der Waals surface area (Å²) in [5.74, 6) is 0.616. The van der Waals surface area contributed by atoms with E-state index in [1.807, 2.05) is 12.1 Å². The molecule has 0 spiro atoms. The SMILES string of the molecule is C=CCn1c(CNC(=O)c2ccc(Cl)cc2Cl)nnc1SCC(=O)Nc1ccccc1OC. The van der Waals surface area contributed by atoms with Crippen LogP contribution in [-0.2, 0) is 17.9 Å². The molecule has 172 valence electrons. The van der Waals surface area contributed by atoms with Crippen LogP contribution in [0.25, 0.3) is 0 Å². The lowest BCUT2D eigenvalue weighted by atomic mass is 10.2. The van der Waals surface area contributed by atoms with Crippen LogP contribution in [0.2, 0.25) is 10.0 Å². The lowest BCUT2D eigenvalue weighted by Gasteiger charge is -2.11. The molecule has 0 aliphatic rings. The average Bonchev–Trinajstić information content (AvgIpc) is 3.18. The van der Waals surface area contributed by atoms with Gasteiger partial charge in [-0.1, -0.05) is 53.2 Å². The second kappa shape index (κ2) is 11.7. The number of rotatable bonds is 10. The number of hydrogen-bond acceptors (Lipinski definition) is 6. The summed E-state index contributed by atoms with van der Waals surface area (Å²) in [7, 11) is 1.54. The van der Waals surface area contributed by atoms with Crippen LogP contribution in [0.4, 0.5) is 5.69 Å². The minimum Gasteiger partial charge on any atom is -0.495 e. The fourth-order valence-electron chi connectivity index (χ4n) is 2.86. The van der Waals surface area contributed by atoms with E-state index in [4.69, 9.17) is 27.9 Å². The molecule has 0 bridgehead atoms. The Morgan fingerprint density at radius 3 is 2.73 bits per heavy atom. The second-order valence-corrected chi connectivity index (χ2v) is 8.43. The molecule has 33 heavy (non-hydrogen) atoms. The first-order valence-corrected chi connectivity index (χ1v) is 11.5. The first-order chi connectivity index (χ1) is 15.9. The quantitative estimate of drug-likeness (QED) is 0.312. The normalized spacial score (nSPS) is 10.5. The van der Waals surface area contributed by atoms with Crippen molar-refractivity contribution in [2.75, 3.05) is 18.2 Å². The highest BCUT2D eigenvalue weighted by Crippen LogP contribution is 2.24. The summed E-state index contributed by atoms with van der Waals surface area (Å²) in [5.41, 5.74) is 0.890. The molecule has 8 nitrogen and oxygen atoms in total. The Labute approximate surface area is 205 Å². The van der Waals surface area contributed by atoms with Crippen molar-refractivity contribution < 1.29 is 14.3 Å². The van der Waals surface area contributed by atoms with Gasteiger partial charge in [-0.2, -0.15) is 0 Å². The van der Waals surface area contributed by atoms with Crippen molar-refractivity contribution in [1.82, 2.24) is 20.1 Å². The van der Waals surface area contributed by atoms with Gasteiger partial charge < -0.3 is 19.9 Å². The fraction of sp³-hybridized carbons (Fsp3) is 0.182. The molecule has 2 aromatic carbocycles. The standard InChI is InChI=1S/C22H21Cl2N5O3S/c1-3-10-29-19(12-25-21(31)15-9-8-14(23)11-16(15)24)27-28-22(29)33-13-20(30)26-17-6-4-5-7-18(17)32-2/h3-9,11H,1,10,12-13H2,2H3,(H,25,31)(H,26,30). The van der Waals surface area contributed by atoms with E-state index in [1.54, 1.807) is 42.0 Å². The van der Waals surface area contributed by atoms with Gasteiger partial charge in [-0.15, -0.1) is 16.8 Å². The number of carbonyl (C=O) groups is 2. The third-order valence-electron chi connectivity index (χ3n) is 4.40. The van der Waals surface area contributed by atoms with Crippen LogP contribution in [0.3, 0.4) is 0 Å². The number of halogens is 2. The molecule has 0 radical (unpaired) electrons. The number of ether oxygens (including phenoxy) is 1. The summed E-state index contributed by atoms with van der Waals surface area (Å²) in [4.78, 5) is 24.9. The highest BCUT2D eigenvalue weighted by atomic mass is 35.5. The Bertz CT molecular complexity index is 1170. The highest BCUT2D eigenvalue weighted by Gasteiger charge is 2.16. The number of amides is 2. The summed E-state index contributed by atoms with van der Waals surface area (Å²) in [6.07, 6.45) is 1.68. The van der Waals surface area contributed by atoms with Gasteiger partial charge >= 0.3 is 0 Å². The van der Waals surface area contributed by atoms with Crippen molar-refractivity contribution in [2.24, 2.45) is 0 Å². The van der Waals surface area contributed by atoms with Crippen LogP contribution in [0.1, 0.15) is 16.2 Å². The molecule has 11 heteroatoms. The van der Waals surface area contributed by atoms with Crippen molar-refractivity contribution in [3.63, 3.8) is 0 Å². The number of aromatic nitrogens is 3. The number of benzene rings is 2. The number of hydrogen-bond donors (Lipinski definition) is 2. The smallest absolute Gasteiger partial charge is 0.253 e. The molecule has 1 heterocycles. The Morgan fingerprint density at radius 1 is 1.21 bits per heavy atom. The van der Waals surface area contributed by atoms with Crippen LogP contribution >= 0.6 is 35.0 Å². The van der Waals surface area contributed by atoms with E-state index in [-0.39, 0.29) is 29.1 Å². The predicted octanol–water partition coefficient (Wildman–Crippen LogP) is 4.44. The maximum Gasteiger partial charge on any atom is 0.253 e. The largest absolute Gasteiger partial charge is 0.495 e. The van der Waals surface area contributed by atoms with Crippen LogP contribution in [0.15, 0.2) is 60.3 Å². The van der Waals surface area contributed by atoms with Crippen molar-refractivity contribution in [2.45, 2.75) is 18.2 Å². The van der Waals surface area contributed by atoms with Crippen LogP contribution < -0.4 is 15.4 Å². The number of carbonyl (C=O) groups excluding carboxylic acids is 2.